The van der Waals surface area contributed by atoms with Gasteiger partial charge in [-0.15, -0.1) is 5.10 Å². The molecule has 0 amide bonds. The number of carbonyl (C=O) groups is 1. The summed E-state index contributed by atoms with van der Waals surface area (Å²) in [5.74, 6) is 0.106. The van der Waals surface area contributed by atoms with Crippen molar-refractivity contribution in [3.05, 3.63) is 11.9 Å². The lowest BCUT2D eigenvalue weighted by Crippen LogP contribution is -2.15. The molecule has 0 unspecified atom stereocenters. The number of carbonyl (C=O) groups excluding carboxylic acids is 1. The SMILES string of the molecule is CCOP(=O)(CCOCCOCCOCCOCCOCCOCCOCCOCc1cn(CC(=O)CC)nn1)OCC. The summed E-state index contributed by atoms with van der Waals surface area (Å²) in [7, 11) is -3.05. The molecule has 0 N–H and O–H groups in total. The lowest BCUT2D eigenvalue weighted by Gasteiger charge is -2.16. The minimum atomic E-state index is -3.05. The van der Waals surface area contributed by atoms with Gasteiger partial charge in [0.1, 0.15) is 12.2 Å². The van der Waals surface area contributed by atoms with Crippen molar-refractivity contribution in [1.82, 2.24) is 15.0 Å². The van der Waals surface area contributed by atoms with Crippen LogP contribution in [-0.2, 0) is 69.5 Å². The van der Waals surface area contributed by atoms with Crippen LogP contribution in [0.4, 0.5) is 0 Å². The second kappa shape index (κ2) is 28.1. The molecular weight excluding hydrogens is 589 g/mol. The summed E-state index contributed by atoms with van der Waals surface area (Å²) < 4.78 is 67.9. The zero-order valence-corrected chi connectivity index (χ0v) is 27.0. The first-order valence-electron chi connectivity index (χ1n) is 14.9. The number of nitrogens with zero attached hydrogens (tertiary/aromatic N) is 3. The Morgan fingerprint density at radius 3 is 1.44 bits per heavy atom. The van der Waals surface area contributed by atoms with Gasteiger partial charge in [0.25, 0.3) is 0 Å². The fourth-order valence-corrected chi connectivity index (χ4v) is 4.70. The Balaban J connectivity index is 1.74. The standard InChI is InChI=1S/C27H52N3O12P/c1-4-27(31)24-30-23-26(28-29-30)25-40-20-19-38-16-15-36-12-11-34-8-7-33-9-10-35-13-14-37-17-18-39-21-22-43(32,41-5-2)42-6-3/h23H,4-22,24-25H2,1-3H3. The van der Waals surface area contributed by atoms with E-state index in [9.17, 15) is 9.36 Å². The number of aromatic nitrogens is 3. The predicted molar refractivity (Wildman–Crippen MR) is 156 cm³/mol. The zero-order valence-electron chi connectivity index (χ0n) is 26.1. The molecule has 15 nitrogen and oxygen atoms in total. The Kier molecular flexibility index (Phi) is 26.0. The molecule has 0 aromatic carbocycles. The Bertz CT molecular complexity index is 823. The van der Waals surface area contributed by atoms with Crippen molar-refractivity contribution in [2.75, 3.05) is 118 Å². The Morgan fingerprint density at radius 1 is 0.651 bits per heavy atom. The second-order valence-electron chi connectivity index (χ2n) is 8.81. The molecule has 0 radical (unpaired) electrons. The molecule has 0 spiro atoms. The highest BCUT2D eigenvalue weighted by molar-refractivity contribution is 7.53. The highest BCUT2D eigenvalue weighted by Gasteiger charge is 2.22. The lowest BCUT2D eigenvalue weighted by atomic mass is 10.3. The monoisotopic (exact) mass is 641 g/mol. The molecular formula is C27H52N3O12P. The van der Waals surface area contributed by atoms with Crippen LogP contribution >= 0.6 is 7.60 Å². The molecule has 0 aliphatic carbocycles. The Hall–Kier alpha value is -1.36. The average Bonchev–Trinajstić information content (AvgIpc) is 3.44. The molecule has 0 bridgehead atoms. The van der Waals surface area contributed by atoms with Crippen molar-refractivity contribution in [2.24, 2.45) is 0 Å². The fraction of sp³-hybridized carbons (Fsp3) is 0.889. The van der Waals surface area contributed by atoms with Crippen LogP contribution < -0.4 is 0 Å². The lowest BCUT2D eigenvalue weighted by molar-refractivity contribution is -0.119. The molecule has 0 aliphatic rings. The first-order chi connectivity index (χ1) is 21.0. The number of hydrogen-bond donors (Lipinski definition) is 0. The molecule has 1 rings (SSSR count). The largest absolute Gasteiger partial charge is 0.378 e. The van der Waals surface area contributed by atoms with E-state index in [4.69, 9.17) is 46.9 Å². The molecule has 0 aliphatic heterocycles. The summed E-state index contributed by atoms with van der Waals surface area (Å²) in [4.78, 5) is 11.4. The minimum absolute atomic E-state index is 0.106. The smallest absolute Gasteiger partial charge is 0.332 e. The van der Waals surface area contributed by atoms with E-state index in [2.05, 4.69) is 10.3 Å². The number of hydrogen-bond acceptors (Lipinski definition) is 14. The third kappa shape index (κ3) is 23.7. The maximum atomic E-state index is 12.3. The Morgan fingerprint density at radius 2 is 1.05 bits per heavy atom. The second-order valence-corrected chi connectivity index (χ2v) is 11.0. The molecule has 0 saturated heterocycles. The normalized spacial score (nSPS) is 11.9. The van der Waals surface area contributed by atoms with Crippen molar-refractivity contribution < 1.29 is 56.3 Å². The van der Waals surface area contributed by atoms with Gasteiger partial charge >= 0.3 is 7.60 Å². The number of ketones is 1. The summed E-state index contributed by atoms with van der Waals surface area (Å²) in [5.41, 5.74) is 0.676. The third-order valence-electron chi connectivity index (χ3n) is 5.33. The van der Waals surface area contributed by atoms with Crippen LogP contribution in [-0.4, -0.2) is 139 Å². The van der Waals surface area contributed by atoms with Crippen molar-refractivity contribution in [3.63, 3.8) is 0 Å². The first kappa shape index (κ1) is 39.7. The molecule has 1 aromatic heterocycles. The van der Waals surface area contributed by atoms with Gasteiger partial charge in [-0.25, -0.2) is 4.68 Å². The summed E-state index contributed by atoms with van der Waals surface area (Å²) in [6.07, 6.45) is 2.42. The van der Waals surface area contributed by atoms with E-state index in [-0.39, 0.29) is 25.1 Å². The van der Waals surface area contributed by atoms with Gasteiger partial charge in [0.15, 0.2) is 5.78 Å². The maximum absolute atomic E-state index is 12.3. The minimum Gasteiger partial charge on any atom is -0.378 e. The number of rotatable bonds is 33. The highest BCUT2D eigenvalue weighted by atomic mass is 31.2. The van der Waals surface area contributed by atoms with Gasteiger partial charge in [-0.3, -0.25) is 9.36 Å². The molecule has 252 valence electrons. The fourth-order valence-electron chi connectivity index (χ4n) is 3.23. The van der Waals surface area contributed by atoms with Crippen LogP contribution in [0.5, 0.6) is 0 Å². The number of ether oxygens (including phenoxy) is 8. The van der Waals surface area contributed by atoms with Gasteiger partial charge in [-0.2, -0.15) is 0 Å². The summed E-state index contributed by atoms with van der Waals surface area (Å²) in [6, 6.07) is 0. The molecule has 43 heavy (non-hydrogen) atoms. The quantitative estimate of drug-likeness (QED) is 0.0812. The number of Topliss-reactive ketones (excluding diaryl/α,β-unsaturated/α-hetero) is 1. The van der Waals surface area contributed by atoms with Crippen LogP contribution in [0.25, 0.3) is 0 Å². The zero-order chi connectivity index (χ0) is 31.3. The van der Waals surface area contributed by atoms with Gasteiger partial charge in [-0.1, -0.05) is 12.1 Å². The molecule has 1 heterocycles. The predicted octanol–water partition coefficient (Wildman–Crippen LogP) is 2.16. The summed E-state index contributed by atoms with van der Waals surface area (Å²) in [6.45, 7) is 13.3. The van der Waals surface area contributed by atoms with Crippen LogP contribution in [0.2, 0.25) is 0 Å². The van der Waals surface area contributed by atoms with Gasteiger partial charge in [0.2, 0.25) is 0 Å². The van der Waals surface area contributed by atoms with Gasteiger partial charge in [0, 0.05) is 6.42 Å². The van der Waals surface area contributed by atoms with Crippen LogP contribution in [0.1, 0.15) is 32.9 Å². The van der Waals surface area contributed by atoms with E-state index in [1.807, 2.05) is 6.92 Å². The van der Waals surface area contributed by atoms with E-state index in [1.54, 1.807) is 20.0 Å². The molecule has 0 saturated carbocycles. The van der Waals surface area contributed by atoms with Crippen molar-refractivity contribution >= 4 is 13.4 Å². The van der Waals surface area contributed by atoms with E-state index in [0.717, 1.165) is 0 Å². The van der Waals surface area contributed by atoms with Crippen LogP contribution in [0.15, 0.2) is 6.20 Å². The average molecular weight is 642 g/mol. The summed E-state index contributed by atoms with van der Waals surface area (Å²) >= 11 is 0. The van der Waals surface area contributed by atoms with E-state index < -0.39 is 7.60 Å². The molecule has 0 atom stereocenters. The van der Waals surface area contributed by atoms with E-state index in [0.29, 0.717) is 124 Å². The van der Waals surface area contributed by atoms with E-state index in [1.165, 1.54) is 4.68 Å². The van der Waals surface area contributed by atoms with Gasteiger partial charge in [-0.05, 0) is 13.8 Å². The van der Waals surface area contributed by atoms with Crippen molar-refractivity contribution in [3.8, 4) is 0 Å². The topological polar surface area (TPSA) is 157 Å². The molecule has 0 fully saturated rings. The Labute approximate surface area is 255 Å². The highest BCUT2D eigenvalue weighted by Crippen LogP contribution is 2.47. The van der Waals surface area contributed by atoms with Crippen LogP contribution in [0, 0.1) is 0 Å². The molecule has 1 aromatic rings. The van der Waals surface area contributed by atoms with Crippen molar-refractivity contribution in [2.45, 2.75) is 40.3 Å². The first-order valence-corrected chi connectivity index (χ1v) is 16.7. The molecule has 16 heteroatoms. The van der Waals surface area contributed by atoms with Gasteiger partial charge in [0.05, 0.1) is 131 Å². The summed E-state index contributed by atoms with van der Waals surface area (Å²) in [5, 5.41) is 7.88. The van der Waals surface area contributed by atoms with Crippen molar-refractivity contribution in [1.29, 1.82) is 0 Å². The maximum Gasteiger partial charge on any atom is 0.332 e. The van der Waals surface area contributed by atoms with Crippen LogP contribution in [0.3, 0.4) is 0 Å². The van der Waals surface area contributed by atoms with Gasteiger partial charge < -0.3 is 46.9 Å². The van der Waals surface area contributed by atoms with E-state index >= 15 is 0 Å². The third-order valence-corrected chi connectivity index (χ3v) is 7.37.